The number of hydrogen-bond acceptors (Lipinski definition) is 7. The Labute approximate surface area is 188 Å². The number of carbonyl (C=O) groups excluding carboxylic acids is 2. The third-order valence-electron chi connectivity index (χ3n) is 4.21. The molecule has 0 spiro atoms. The van der Waals surface area contributed by atoms with Crippen LogP contribution >= 0.6 is 34.9 Å². The van der Waals surface area contributed by atoms with Gasteiger partial charge in [-0.3, -0.25) is 9.59 Å². The van der Waals surface area contributed by atoms with E-state index in [9.17, 15) is 9.59 Å². The van der Waals surface area contributed by atoms with E-state index in [0.29, 0.717) is 23.3 Å². The maximum absolute atomic E-state index is 12.1. The molecule has 9 heteroatoms. The van der Waals surface area contributed by atoms with Gasteiger partial charge in [0.05, 0.1) is 11.5 Å². The van der Waals surface area contributed by atoms with Gasteiger partial charge in [0.1, 0.15) is 0 Å². The Hall–Kier alpha value is -0.800. The van der Waals surface area contributed by atoms with Crippen LogP contribution in [0.15, 0.2) is 8.68 Å². The van der Waals surface area contributed by atoms with Crippen molar-refractivity contribution in [1.29, 1.82) is 0 Å². The molecule has 0 fully saturated rings. The summed E-state index contributed by atoms with van der Waals surface area (Å²) in [6, 6.07) is 0.375. The van der Waals surface area contributed by atoms with Crippen LogP contribution < -0.4 is 10.6 Å². The predicted octanol–water partition coefficient (Wildman–Crippen LogP) is 4.60. The van der Waals surface area contributed by atoms with Crippen LogP contribution in [0.5, 0.6) is 0 Å². The molecule has 166 valence electrons. The third kappa shape index (κ3) is 13.2. The van der Waals surface area contributed by atoms with E-state index >= 15 is 0 Å². The van der Waals surface area contributed by atoms with Gasteiger partial charge in [0, 0.05) is 12.1 Å². The van der Waals surface area contributed by atoms with Crippen LogP contribution in [0, 0.1) is 11.8 Å². The first kappa shape index (κ1) is 26.2. The summed E-state index contributed by atoms with van der Waals surface area (Å²) in [4.78, 5) is 24.1. The largest absolute Gasteiger partial charge is 0.353 e. The average Bonchev–Trinajstić information content (AvgIpc) is 3.09. The Morgan fingerprint density at radius 3 is 1.48 bits per heavy atom. The molecule has 2 unspecified atom stereocenters. The van der Waals surface area contributed by atoms with E-state index in [1.54, 1.807) is 0 Å². The van der Waals surface area contributed by atoms with Crippen molar-refractivity contribution in [2.24, 2.45) is 11.8 Å². The fourth-order valence-corrected chi connectivity index (χ4v) is 5.15. The highest BCUT2D eigenvalue weighted by molar-refractivity contribution is 8.03. The molecule has 1 heterocycles. The number of amides is 2. The molecule has 0 radical (unpaired) electrons. The van der Waals surface area contributed by atoms with E-state index in [-0.39, 0.29) is 23.9 Å². The van der Waals surface area contributed by atoms with Crippen molar-refractivity contribution in [3.63, 3.8) is 0 Å². The molecule has 0 aromatic carbocycles. The maximum Gasteiger partial charge on any atom is 0.230 e. The van der Waals surface area contributed by atoms with Crippen LogP contribution in [0.2, 0.25) is 0 Å². The van der Waals surface area contributed by atoms with E-state index in [0.717, 1.165) is 34.4 Å². The van der Waals surface area contributed by atoms with E-state index in [1.807, 2.05) is 13.8 Å². The summed E-state index contributed by atoms with van der Waals surface area (Å²) in [6.07, 6.45) is 4.20. The van der Waals surface area contributed by atoms with Gasteiger partial charge in [-0.2, -0.15) is 0 Å². The van der Waals surface area contributed by atoms with Crippen molar-refractivity contribution >= 4 is 46.7 Å². The number of thioether (sulfide) groups is 2. The Morgan fingerprint density at radius 2 is 1.14 bits per heavy atom. The van der Waals surface area contributed by atoms with Crippen LogP contribution in [0.1, 0.15) is 67.2 Å². The molecule has 0 aliphatic carbocycles. The molecular weight excluding hydrogens is 424 g/mol. The topological polar surface area (TPSA) is 84.0 Å². The first-order valence-corrected chi connectivity index (χ1v) is 13.1. The lowest BCUT2D eigenvalue weighted by Crippen LogP contribution is -2.34. The van der Waals surface area contributed by atoms with Crippen LogP contribution in [0.25, 0.3) is 0 Å². The summed E-state index contributed by atoms with van der Waals surface area (Å²) in [7, 11) is 0. The van der Waals surface area contributed by atoms with Crippen molar-refractivity contribution < 1.29 is 9.59 Å². The van der Waals surface area contributed by atoms with Gasteiger partial charge in [-0.05, 0) is 51.4 Å². The van der Waals surface area contributed by atoms with Crippen LogP contribution in [0.4, 0.5) is 0 Å². The molecule has 2 atom stereocenters. The van der Waals surface area contributed by atoms with Gasteiger partial charge in [0.15, 0.2) is 8.68 Å². The Balaban J connectivity index is 2.27. The lowest BCUT2D eigenvalue weighted by Gasteiger charge is -2.14. The molecular formula is C20H36N4O2S3. The highest BCUT2D eigenvalue weighted by Crippen LogP contribution is 2.28. The third-order valence-corrected chi connectivity index (χ3v) is 7.40. The molecule has 1 rings (SSSR count). The molecule has 1 aromatic heterocycles. The van der Waals surface area contributed by atoms with Crippen molar-refractivity contribution in [3.05, 3.63) is 0 Å². The van der Waals surface area contributed by atoms with E-state index < -0.39 is 0 Å². The first-order valence-electron chi connectivity index (χ1n) is 10.3. The normalized spacial score (nSPS) is 13.5. The molecule has 1 aromatic rings. The van der Waals surface area contributed by atoms with Crippen LogP contribution in [-0.4, -0.2) is 45.6 Å². The maximum atomic E-state index is 12.1. The van der Waals surface area contributed by atoms with Crippen LogP contribution in [0.3, 0.4) is 0 Å². The zero-order valence-electron chi connectivity index (χ0n) is 18.5. The fourth-order valence-electron chi connectivity index (χ4n) is 2.51. The van der Waals surface area contributed by atoms with Crippen molar-refractivity contribution in [2.75, 3.05) is 11.5 Å². The van der Waals surface area contributed by atoms with Gasteiger partial charge in [-0.1, -0.05) is 62.6 Å². The molecule has 6 nitrogen and oxygen atoms in total. The van der Waals surface area contributed by atoms with E-state index in [2.05, 4.69) is 48.5 Å². The standard InChI is InChI=1S/C20H36N4O2S3/c1-13(2)7-9-15(5)21-17(25)11-27-19-23-24-20(29-19)28-12-18(26)22-16(6)10-8-14(3)4/h13-16H,7-12H2,1-6H3,(H,21,25)(H,22,26). The first-order chi connectivity index (χ1) is 13.7. The van der Waals surface area contributed by atoms with Gasteiger partial charge < -0.3 is 10.6 Å². The molecule has 29 heavy (non-hydrogen) atoms. The Bertz CT molecular complexity index is 572. The number of hydrogen-bond donors (Lipinski definition) is 2. The number of nitrogens with one attached hydrogen (secondary N) is 2. The zero-order chi connectivity index (χ0) is 21.8. The molecule has 0 aliphatic rings. The molecule has 2 amide bonds. The van der Waals surface area contributed by atoms with E-state index in [1.165, 1.54) is 34.9 Å². The number of carbonyl (C=O) groups is 2. The molecule has 0 aliphatic heterocycles. The summed E-state index contributed by atoms with van der Waals surface area (Å²) in [6.45, 7) is 12.8. The molecule has 2 N–H and O–H groups in total. The number of nitrogens with zero attached hydrogens (tertiary/aromatic N) is 2. The smallest absolute Gasteiger partial charge is 0.230 e. The highest BCUT2D eigenvalue weighted by Gasteiger charge is 2.13. The summed E-state index contributed by atoms with van der Waals surface area (Å²) in [5.74, 6) is 1.99. The van der Waals surface area contributed by atoms with E-state index in [4.69, 9.17) is 0 Å². The SMILES string of the molecule is CC(C)CCC(C)NC(=O)CSc1nnc(SCC(=O)NC(C)CCC(C)C)s1. The summed E-state index contributed by atoms with van der Waals surface area (Å²) in [5, 5.41) is 14.3. The van der Waals surface area contributed by atoms with Gasteiger partial charge >= 0.3 is 0 Å². The summed E-state index contributed by atoms with van der Waals surface area (Å²) < 4.78 is 1.51. The molecule has 0 saturated heterocycles. The Kier molecular flexibility index (Phi) is 12.9. The minimum absolute atomic E-state index is 0.0189. The van der Waals surface area contributed by atoms with Crippen molar-refractivity contribution in [2.45, 2.75) is 88.0 Å². The quantitative estimate of drug-likeness (QED) is 0.395. The second-order valence-corrected chi connectivity index (χ2v) is 11.7. The minimum atomic E-state index is 0.0189. The molecule has 0 bridgehead atoms. The number of aromatic nitrogens is 2. The minimum Gasteiger partial charge on any atom is -0.353 e. The lowest BCUT2D eigenvalue weighted by atomic mass is 10.0. The monoisotopic (exact) mass is 460 g/mol. The Morgan fingerprint density at radius 1 is 0.759 bits per heavy atom. The fraction of sp³-hybridized carbons (Fsp3) is 0.800. The lowest BCUT2D eigenvalue weighted by molar-refractivity contribution is -0.120. The van der Waals surface area contributed by atoms with Crippen molar-refractivity contribution in [3.8, 4) is 0 Å². The van der Waals surface area contributed by atoms with Crippen molar-refractivity contribution in [1.82, 2.24) is 20.8 Å². The molecule has 0 saturated carbocycles. The van der Waals surface area contributed by atoms with Gasteiger partial charge in [0.2, 0.25) is 11.8 Å². The van der Waals surface area contributed by atoms with Gasteiger partial charge in [0.25, 0.3) is 0 Å². The summed E-state index contributed by atoms with van der Waals surface area (Å²) in [5.41, 5.74) is 0. The van der Waals surface area contributed by atoms with Gasteiger partial charge in [-0.15, -0.1) is 10.2 Å². The van der Waals surface area contributed by atoms with Gasteiger partial charge in [-0.25, -0.2) is 0 Å². The van der Waals surface area contributed by atoms with Crippen LogP contribution in [-0.2, 0) is 9.59 Å². The second kappa shape index (κ2) is 14.2. The predicted molar refractivity (Wildman–Crippen MR) is 125 cm³/mol. The average molecular weight is 461 g/mol. The second-order valence-electron chi connectivity index (χ2n) is 8.29. The number of rotatable bonds is 14. The highest BCUT2D eigenvalue weighted by atomic mass is 32.2. The summed E-state index contributed by atoms with van der Waals surface area (Å²) >= 11 is 4.20. The zero-order valence-corrected chi connectivity index (χ0v) is 20.9.